The van der Waals surface area contributed by atoms with Crippen molar-refractivity contribution in [3.63, 3.8) is 0 Å². The van der Waals surface area contributed by atoms with E-state index in [4.69, 9.17) is 23.8 Å². The van der Waals surface area contributed by atoms with Gasteiger partial charge in [-0.1, -0.05) is 23.7 Å². The fourth-order valence-corrected chi connectivity index (χ4v) is 4.33. The van der Waals surface area contributed by atoms with Crippen molar-refractivity contribution in [2.24, 2.45) is 0 Å². The van der Waals surface area contributed by atoms with E-state index in [0.29, 0.717) is 16.7 Å². The number of thiocarbonyl (C=S) groups is 1. The Morgan fingerprint density at radius 1 is 0.935 bits per heavy atom. The minimum absolute atomic E-state index is 0.100. The molecular weight excluding hydrogens is 428 g/mol. The summed E-state index contributed by atoms with van der Waals surface area (Å²) in [5.41, 5.74) is 2.92. The summed E-state index contributed by atoms with van der Waals surface area (Å²) in [4.78, 5) is 15.8. The number of halogens is 1. The molecule has 1 aliphatic heterocycles. The van der Waals surface area contributed by atoms with Gasteiger partial charge in [0.2, 0.25) is 0 Å². The van der Waals surface area contributed by atoms with E-state index in [1.807, 2.05) is 60.8 Å². The fraction of sp³-hybridized carbons (Fsp3) is 0.130. The molecule has 2 atom stereocenters. The van der Waals surface area contributed by atoms with Crippen LogP contribution in [0.1, 0.15) is 29.2 Å². The van der Waals surface area contributed by atoms with E-state index >= 15 is 0 Å². The van der Waals surface area contributed by atoms with E-state index in [1.165, 1.54) is 0 Å². The Balaban J connectivity index is 1.60. The molecule has 1 saturated heterocycles. The van der Waals surface area contributed by atoms with E-state index < -0.39 is 0 Å². The lowest BCUT2D eigenvalue weighted by atomic mass is 10.0. The number of nitrogens with zero attached hydrogens (tertiary/aromatic N) is 5. The third-order valence-corrected chi connectivity index (χ3v) is 5.87. The second-order valence-corrected chi connectivity index (χ2v) is 8.04. The van der Waals surface area contributed by atoms with Gasteiger partial charge in [-0.3, -0.25) is 9.97 Å². The van der Waals surface area contributed by atoms with Crippen molar-refractivity contribution >= 4 is 28.9 Å². The molecule has 0 amide bonds. The largest absolute Gasteiger partial charge is 0.352 e. The van der Waals surface area contributed by atoms with Gasteiger partial charge in [-0.2, -0.15) is 0 Å². The molecule has 5 rings (SSSR count). The Kier molecular flexibility index (Phi) is 5.36. The van der Waals surface area contributed by atoms with Crippen LogP contribution in [0, 0.1) is 0 Å². The van der Waals surface area contributed by atoms with Crippen LogP contribution in [0.4, 0.5) is 0 Å². The third kappa shape index (κ3) is 3.89. The second-order valence-electron chi connectivity index (χ2n) is 7.21. The molecule has 0 radical (unpaired) electrons. The zero-order valence-electron chi connectivity index (χ0n) is 16.5. The standard InChI is InChI=1S/C23H19ClN6S/c24-16-9-10-20(27-14-16)29-13-5-8-19(29)22-21(18-7-2-4-12-26-18)28-23(31)30(22)15-17-6-1-3-11-25-17/h1-14,21-22H,15H2,(H,28,31)/t21-,22+/m1/s1. The van der Waals surface area contributed by atoms with Crippen LogP contribution >= 0.6 is 23.8 Å². The number of nitrogens with one attached hydrogen (secondary N) is 1. The van der Waals surface area contributed by atoms with E-state index in [9.17, 15) is 0 Å². The van der Waals surface area contributed by atoms with Crippen LogP contribution in [-0.4, -0.2) is 29.5 Å². The van der Waals surface area contributed by atoms with Crippen LogP contribution in [0.2, 0.25) is 5.02 Å². The van der Waals surface area contributed by atoms with Gasteiger partial charge >= 0.3 is 0 Å². The van der Waals surface area contributed by atoms with Gasteiger partial charge in [0, 0.05) is 30.5 Å². The molecule has 8 heteroatoms. The summed E-state index contributed by atoms with van der Waals surface area (Å²) in [5.74, 6) is 0.791. The van der Waals surface area contributed by atoms with Crippen molar-refractivity contribution in [2.45, 2.75) is 18.6 Å². The molecule has 1 N–H and O–H groups in total. The molecule has 154 valence electrons. The molecule has 1 fully saturated rings. The number of hydrogen-bond acceptors (Lipinski definition) is 4. The summed E-state index contributed by atoms with van der Waals surface area (Å²) < 4.78 is 2.07. The first-order valence-electron chi connectivity index (χ1n) is 9.88. The topological polar surface area (TPSA) is 58.9 Å². The van der Waals surface area contributed by atoms with E-state index in [2.05, 4.69) is 35.8 Å². The Bertz CT molecular complexity index is 1180. The number of pyridine rings is 3. The Morgan fingerprint density at radius 3 is 2.48 bits per heavy atom. The lowest BCUT2D eigenvalue weighted by Gasteiger charge is -2.28. The Labute approximate surface area is 190 Å². The van der Waals surface area contributed by atoms with Crippen molar-refractivity contribution in [2.75, 3.05) is 0 Å². The van der Waals surface area contributed by atoms with Crippen molar-refractivity contribution in [1.29, 1.82) is 0 Å². The molecule has 0 aliphatic carbocycles. The van der Waals surface area contributed by atoms with Gasteiger partial charge in [0.25, 0.3) is 0 Å². The monoisotopic (exact) mass is 446 g/mol. The quantitative estimate of drug-likeness (QED) is 0.456. The maximum atomic E-state index is 6.05. The summed E-state index contributed by atoms with van der Waals surface area (Å²) in [6.45, 7) is 0.583. The smallest absolute Gasteiger partial charge is 0.170 e. The molecule has 0 unspecified atom stereocenters. The summed E-state index contributed by atoms with van der Waals surface area (Å²) in [7, 11) is 0. The normalized spacial score (nSPS) is 18.2. The van der Waals surface area contributed by atoms with Crippen LogP contribution in [0.5, 0.6) is 0 Å². The average Bonchev–Trinajstić information content (AvgIpc) is 3.40. The zero-order chi connectivity index (χ0) is 21.2. The van der Waals surface area contributed by atoms with Crippen LogP contribution in [0.15, 0.2) is 85.5 Å². The minimum Gasteiger partial charge on any atom is -0.352 e. The highest BCUT2D eigenvalue weighted by Gasteiger charge is 2.41. The Morgan fingerprint density at radius 2 is 1.77 bits per heavy atom. The van der Waals surface area contributed by atoms with Gasteiger partial charge < -0.3 is 14.8 Å². The molecule has 1 aliphatic rings. The molecule has 0 spiro atoms. The van der Waals surface area contributed by atoms with Crippen molar-refractivity contribution in [3.8, 4) is 5.82 Å². The molecular formula is C23H19ClN6S. The second kappa shape index (κ2) is 8.45. The van der Waals surface area contributed by atoms with Gasteiger partial charge in [0.1, 0.15) is 5.82 Å². The predicted molar refractivity (Wildman–Crippen MR) is 124 cm³/mol. The number of aromatic nitrogens is 4. The van der Waals surface area contributed by atoms with Crippen molar-refractivity contribution < 1.29 is 0 Å². The molecule has 0 bridgehead atoms. The summed E-state index contributed by atoms with van der Waals surface area (Å²) in [6.07, 6.45) is 7.26. The van der Waals surface area contributed by atoms with E-state index in [-0.39, 0.29) is 12.1 Å². The average molecular weight is 447 g/mol. The van der Waals surface area contributed by atoms with Gasteiger partial charge in [-0.05, 0) is 60.7 Å². The maximum Gasteiger partial charge on any atom is 0.170 e. The van der Waals surface area contributed by atoms with Crippen LogP contribution < -0.4 is 5.32 Å². The SMILES string of the molecule is S=C1N[C@H](c2ccccn2)[C@H](c2cccn2-c2ccc(Cl)cn2)N1Cc1ccccn1. The van der Waals surface area contributed by atoms with Gasteiger partial charge in [0.05, 0.1) is 35.0 Å². The molecule has 5 heterocycles. The number of hydrogen-bond donors (Lipinski definition) is 1. The Hall–Kier alpha value is -3.29. The van der Waals surface area contributed by atoms with Crippen molar-refractivity contribution in [3.05, 3.63) is 108 Å². The van der Waals surface area contributed by atoms with Gasteiger partial charge in [-0.15, -0.1) is 0 Å². The predicted octanol–water partition coefficient (Wildman–Crippen LogP) is 4.49. The van der Waals surface area contributed by atoms with Crippen LogP contribution in [0.3, 0.4) is 0 Å². The lowest BCUT2D eigenvalue weighted by Crippen LogP contribution is -2.30. The summed E-state index contributed by atoms with van der Waals surface area (Å²) >= 11 is 11.8. The van der Waals surface area contributed by atoms with Crippen LogP contribution in [0.25, 0.3) is 5.82 Å². The van der Waals surface area contributed by atoms with E-state index in [0.717, 1.165) is 22.9 Å². The minimum atomic E-state index is -0.113. The lowest BCUT2D eigenvalue weighted by molar-refractivity contribution is 0.299. The van der Waals surface area contributed by atoms with Gasteiger partial charge in [-0.25, -0.2) is 4.98 Å². The first kappa shape index (κ1) is 19.7. The molecule has 4 aromatic heterocycles. The molecule has 0 aromatic carbocycles. The number of rotatable bonds is 5. The van der Waals surface area contributed by atoms with Crippen LogP contribution in [-0.2, 0) is 6.54 Å². The maximum absolute atomic E-state index is 6.05. The first-order valence-corrected chi connectivity index (χ1v) is 10.7. The third-order valence-electron chi connectivity index (χ3n) is 5.30. The molecule has 31 heavy (non-hydrogen) atoms. The zero-order valence-corrected chi connectivity index (χ0v) is 18.0. The molecule has 0 saturated carbocycles. The fourth-order valence-electron chi connectivity index (χ4n) is 3.92. The molecule has 4 aromatic rings. The highest BCUT2D eigenvalue weighted by molar-refractivity contribution is 7.80. The first-order chi connectivity index (χ1) is 15.2. The van der Waals surface area contributed by atoms with E-state index in [1.54, 1.807) is 18.6 Å². The van der Waals surface area contributed by atoms with Crippen molar-refractivity contribution in [1.82, 2.24) is 29.7 Å². The highest BCUT2D eigenvalue weighted by atomic mass is 35.5. The summed E-state index contributed by atoms with van der Waals surface area (Å²) in [6, 6.07) is 19.5. The summed E-state index contributed by atoms with van der Waals surface area (Å²) in [5, 5.41) is 4.75. The van der Waals surface area contributed by atoms with Gasteiger partial charge in [0.15, 0.2) is 5.11 Å². The molecule has 6 nitrogen and oxygen atoms in total. The highest BCUT2D eigenvalue weighted by Crippen LogP contribution is 2.40.